The maximum absolute atomic E-state index is 5.82. The lowest BCUT2D eigenvalue weighted by Gasteiger charge is -2.09. The Morgan fingerprint density at radius 2 is 1.56 bits per heavy atom. The van der Waals surface area contributed by atoms with Crippen molar-refractivity contribution in [2.24, 2.45) is 0 Å². The first-order valence-corrected chi connectivity index (χ1v) is 8.82. The van der Waals surface area contributed by atoms with Gasteiger partial charge in [0.15, 0.2) is 0 Å². The summed E-state index contributed by atoms with van der Waals surface area (Å²) in [5.41, 5.74) is 0.767. The number of para-hydroxylation sites is 1. The maximum Gasteiger partial charge on any atom is 0.241 e. The predicted molar refractivity (Wildman–Crippen MR) is 100 cm³/mol. The summed E-state index contributed by atoms with van der Waals surface area (Å²) >= 11 is 1.69. The summed E-state index contributed by atoms with van der Waals surface area (Å²) in [5.74, 6) is 1.36. The van der Waals surface area contributed by atoms with Crippen molar-refractivity contribution >= 4 is 21.4 Å². The van der Waals surface area contributed by atoms with Crippen LogP contribution in [0.1, 0.15) is 0 Å². The van der Waals surface area contributed by atoms with Crippen LogP contribution in [0.15, 0.2) is 73.1 Å². The highest BCUT2D eigenvalue weighted by Gasteiger charge is 2.12. The van der Waals surface area contributed by atoms with Crippen molar-refractivity contribution in [1.82, 2.24) is 9.97 Å². The molecule has 25 heavy (non-hydrogen) atoms. The third-order valence-corrected chi connectivity index (χ3v) is 4.78. The fraction of sp³-hybridized carbons (Fsp3) is 0.100. The first-order chi connectivity index (χ1) is 12.4. The largest absolute Gasteiger partial charge is 0.490 e. The summed E-state index contributed by atoms with van der Waals surface area (Å²) in [5, 5.41) is 1.20. The Hall–Kier alpha value is -2.92. The van der Waals surface area contributed by atoms with Crippen molar-refractivity contribution in [2.45, 2.75) is 0 Å². The molecule has 0 aliphatic rings. The fourth-order valence-electron chi connectivity index (χ4n) is 2.51. The lowest BCUT2D eigenvalue weighted by Crippen LogP contribution is -2.10. The maximum atomic E-state index is 5.82. The second-order valence-corrected chi connectivity index (χ2v) is 6.45. The third-order valence-electron chi connectivity index (χ3n) is 3.66. The van der Waals surface area contributed by atoms with Gasteiger partial charge in [-0.2, -0.15) is 0 Å². The van der Waals surface area contributed by atoms with Gasteiger partial charge in [0.1, 0.15) is 24.7 Å². The van der Waals surface area contributed by atoms with E-state index in [1.165, 1.54) is 10.1 Å². The van der Waals surface area contributed by atoms with E-state index >= 15 is 0 Å². The molecule has 4 rings (SSSR count). The number of hydrogen-bond donors (Lipinski definition) is 0. The molecular formula is C20H16N2O2S. The minimum Gasteiger partial charge on any atom is -0.490 e. The van der Waals surface area contributed by atoms with Crippen LogP contribution in [0, 0.1) is 0 Å². The van der Waals surface area contributed by atoms with Crippen molar-refractivity contribution in [3.63, 3.8) is 0 Å². The highest BCUT2D eigenvalue weighted by atomic mass is 32.1. The van der Waals surface area contributed by atoms with E-state index in [1.54, 1.807) is 23.7 Å². The number of rotatable bonds is 6. The Morgan fingerprint density at radius 3 is 2.44 bits per heavy atom. The number of ether oxygens (including phenoxy) is 2. The molecule has 0 bridgehead atoms. The summed E-state index contributed by atoms with van der Waals surface area (Å²) in [6.45, 7) is 0.859. The summed E-state index contributed by atoms with van der Waals surface area (Å²) < 4.78 is 12.7. The Morgan fingerprint density at radius 1 is 0.800 bits per heavy atom. The first kappa shape index (κ1) is 15.6. The monoisotopic (exact) mass is 348 g/mol. The number of benzene rings is 2. The molecule has 0 spiro atoms. The number of aromatic nitrogens is 2. The first-order valence-electron chi connectivity index (χ1n) is 8.01. The fourth-order valence-corrected chi connectivity index (χ4v) is 3.56. The zero-order valence-electron chi connectivity index (χ0n) is 13.5. The molecule has 124 valence electrons. The molecule has 0 radical (unpaired) electrons. The number of thiophene rings is 1. The molecule has 0 unspecified atom stereocenters. The van der Waals surface area contributed by atoms with Gasteiger partial charge >= 0.3 is 0 Å². The van der Waals surface area contributed by atoms with Crippen LogP contribution in [-0.2, 0) is 0 Å². The Kier molecular flexibility index (Phi) is 4.57. The molecule has 2 heterocycles. The quantitative estimate of drug-likeness (QED) is 0.469. The van der Waals surface area contributed by atoms with Crippen LogP contribution in [-0.4, -0.2) is 23.2 Å². The van der Waals surface area contributed by atoms with Crippen LogP contribution in [0.4, 0.5) is 0 Å². The molecule has 4 nitrogen and oxygen atoms in total. The molecule has 0 fully saturated rings. The summed E-state index contributed by atoms with van der Waals surface area (Å²) in [4.78, 5) is 9.85. The van der Waals surface area contributed by atoms with Gasteiger partial charge < -0.3 is 9.47 Å². The second-order valence-electron chi connectivity index (χ2n) is 5.37. The van der Waals surface area contributed by atoms with Crippen LogP contribution >= 0.6 is 11.3 Å². The molecule has 5 heteroatoms. The molecular weight excluding hydrogens is 332 g/mol. The van der Waals surface area contributed by atoms with Crippen molar-refractivity contribution < 1.29 is 9.47 Å². The van der Waals surface area contributed by atoms with E-state index in [0.29, 0.717) is 19.1 Å². The van der Waals surface area contributed by atoms with E-state index in [2.05, 4.69) is 28.2 Å². The number of hydrogen-bond acceptors (Lipinski definition) is 5. The van der Waals surface area contributed by atoms with Gasteiger partial charge in [0.2, 0.25) is 5.88 Å². The molecule has 0 atom stereocenters. The molecule has 0 aliphatic heterocycles. The van der Waals surface area contributed by atoms with Crippen LogP contribution in [0.2, 0.25) is 0 Å². The van der Waals surface area contributed by atoms with Crippen molar-refractivity contribution in [3.8, 4) is 22.2 Å². The average molecular weight is 348 g/mol. The van der Waals surface area contributed by atoms with Gasteiger partial charge in [0.25, 0.3) is 0 Å². The number of nitrogens with zero attached hydrogens (tertiary/aromatic N) is 2. The summed E-state index contributed by atoms with van der Waals surface area (Å²) in [6, 6.07) is 20.1. The van der Waals surface area contributed by atoms with Gasteiger partial charge in [-0.15, -0.1) is 11.3 Å². The van der Waals surface area contributed by atoms with Gasteiger partial charge in [0.05, 0.1) is 4.88 Å². The number of fused-ring (bicyclic) bond motifs is 1. The highest BCUT2D eigenvalue weighted by Crippen LogP contribution is 2.35. The molecule has 0 aliphatic carbocycles. The van der Waals surface area contributed by atoms with Crippen LogP contribution in [0.25, 0.3) is 20.7 Å². The SMILES string of the molecule is c1ccc(OCCOc2nccnc2-c2cc3ccccc3s2)cc1. The molecule has 2 aromatic heterocycles. The van der Waals surface area contributed by atoms with E-state index in [9.17, 15) is 0 Å². The van der Waals surface area contributed by atoms with Gasteiger partial charge in [0, 0.05) is 17.1 Å². The van der Waals surface area contributed by atoms with Gasteiger partial charge in [-0.25, -0.2) is 9.97 Å². The minimum atomic E-state index is 0.408. The molecule has 0 saturated carbocycles. The van der Waals surface area contributed by atoms with Gasteiger partial charge in [-0.05, 0) is 29.7 Å². The average Bonchev–Trinajstić information content (AvgIpc) is 3.10. The van der Waals surface area contributed by atoms with Gasteiger partial charge in [-0.3, -0.25) is 0 Å². The summed E-state index contributed by atoms with van der Waals surface area (Å²) in [7, 11) is 0. The standard InChI is InChI=1S/C20H16N2O2S/c1-2-7-16(8-3-1)23-12-13-24-20-19(21-10-11-22-20)18-14-15-6-4-5-9-17(15)25-18/h1-11,14H,12-13H2. The third kappa shape index (κ3) is 3.61. The van der Waals surface area contributed by atoms with Crippen molar-refractivity contribution in [1.29, 1.82) is 0 Å². The lowest BCUT2D eigenvalue weighted by atomic mass is 10.2. The van der Waals surface area contributed by atoms with Crippen molar-refractivity contribution in [2.75, 3.05) is 13.2 Å². The summed E-state index contributed by atoms with van der Waals surface area (Å²) in [6.07, 6.45) is 3.33. The van der Waals surface area contributed by atoms with E-state index in [-0.39, 0.29) is 0 Å². The topological polar surface area (TPSA) is 44.2 Å². The smallest absolute Gasteiger partial charge is 0.241 e. The Labute approximate surface area is 149 Å². The molecule has 0 N–H and O–H groups in total. The molecule has 2 aromatic carbocycles. The van der Waals surface area contributed by atoms with Crippen LogP contribution in [0.5, 0.6) is 11.6 Å². The Balaban J connectivity index is 1.47. The van der Waals surface area contributed by atoms with E-state index in [1.807, 2.05) is 42.5 Å². The van der Waals surface area contributed by atoms with E-state index < -0.39 is 0 Å². The van der Waals surface area contributed by atoms with E-state index in [4.69, 9.17) is 9.47 Å². The zero-order chi connectivity index (χ0) is 16.9. The van der Waals surface area contributed by atoms with Gasteiger partial charge in [-0.1, -0.05) is 36.4 Å². The predicted octanol–water partition coefficient (Wildman–Crippen LogP) is 4.82. The van der Waals surface area contributed by atoms with Crippen molar-refractivity contribution in [3.05, 3.63) is 73.1 Å². The Bertz CT molecular complexity index is 937. The van der Waals surface area contributed by atoms with Crippen LogP contribution in [0.3, 0.4) is 0 Å². The molecule has 0 saturated heterocycles. The minimum absolute atomic E-state index is 0.408. The molecule has 4 aromatic rings. The highest BCUT2D eigenvalue weighted by molar-refractivity contribution is 7.22. The van der Waals surface area contributed by atoms with Crippen LogP contribution < -0.4 is 9.47 Å². The zero-order valence-corrected chi connectivity index (χ0v) is 14.3. The second kappa shape index (κ2) is 7.32. The normalized spacial score (nSPS) is 10.7. The molecule has 0 amide bonds. The lowest BCUT2D eigenvalue weighted by molar-refractivity contribution is 0.212. The van der Waals surface area contributed by atoms with E-state index in [0.717, 1.165) is 16.3 Å².